The van der Waals surface area contributed by atoms with Gasteiger partial charge in [0.15, 0.2) is 0 Å². The molecule has 3 rings (SSSR count). The molecule has 0 spiro atoms. The number of hydrogen-bond donors (Lipinski definition) is 1. The third kappa shape index (κ3) is 4.26. The van der Waals surface area contributed by atoms with E-state index in [9.17, 15) is 14.4 Å². The molecule has 6 nitrogen and oxygen atoms in total. The fourth-order valence-electron chi connectivity index (χ4n) is 4.34. The van der Waals surface area contributed by atoms with Crippen LogP contribution in [0.2, 0.25) is 5.02 Å². The van der Waals surface area contributed by atoms with Gasteiger partial charge in [-0.05, 0) is 49.4 Å². The van der Waals surface area contributed by atoms with Crippen molar-refractivity contribution in [3.05, 3.63) is 34.9 Å². The molecule has 0 aromatic heterocycles. The van der Waals surface area contributed by atoms with Gasteiger partial charge in [-0.1, -0.05) is 24.4 Å². The van der Waals surface area contributed by atoms with Crippen LogP contribution in [0, 0.1) is 5.92 Å². The highest BCUT2D eigenvalue weighted by Gasteiger charge is 2.48. The van der Waals surface area contributed by atoms with Crippen molar-refractivity contribution in [1.82, 2.24) is 9.80 Å². The molecule has 1 heterocycles. The zero-order chi connectivity index (χ0) is 19.6. The number of likely N-dealkylation sites (tertiary alicyclic amines) is 1. The van der Waals surface area contributed by atoms with Crippen LogP contribution in [0.3, 0.4) is 0 Å². The molecule has 1 aliphatic heterocycles. The van der Waals surface area contributed by atoms with E-state index >= 15 is 0 Å². The van der Waals surface area contributed by atoms with Gasteiger partial charge in [-0.25, -0.2) is 0 Å². The van der Waals surface area contributed by atoms with E-state index in [1.165, 1.54) is 4.90 Å². The third-order valence-electron chi connectivity index (χ3n) is 5.74. The summed E-state index contributed by atoms with van der Waals surface area (Å²) in [5.74, 6) is -0.931. The molecule has 1 aromatic carbocycles. The average Bonchev–Trinajstić information content (AvgIpc) is 3.05. The standard InChI is InChI=1S/C20H25ClN2O4/c1-22(11-10-18(24)25)20(27)17-12-14-4-2-3-5-16(14)23(17)19(26)13-6-8-15(21)9-7-13/h6-9,14,16-17H,2-5,10-12H2,1H3,(H,24,25). The second-order valence-electron chi connectivity index (χ2n) is 7.49. The lowest BCUT2D eigenvalue weighted by molar-refractivity contribution is -0.139. The molecule has 0 radical (unpaired) electrons. The first-order valence-corrected chi connectivity index (χ1v) is 9.81. The summed E-state index contributed by atoms with van der Waals surface area (Å²) < 4.78 is 0. The maximum atomic E-state index is 13.2. The van der Waals surface area contributed by atoms with Gasteiger partial charge in [-0.15, -0.1) is 0 Å². The highest BCUT2D eigenvalue weighted by molar-refractivity contribution is 6.30. The van der Waals surface area contributed by atoms with Crippen LogP contribution < -0.4 is 0 Å². The number of carboxylic acids is 1. The molecule has 7 heteroatoms. The van der Waals surface area contributed by atoms with E-state index in [4.69, 9.17) is 16.7 Å². The Labute approximate surface area is 164 Å². The van der Waals surface area contributed by atoms with Crippen molar-refractivity contribution in [3.63, 3.8) is 0 Å². The summed E-state index contributed by atoms with van der Waals surface area (Å²) in [4.78, 5) is 40.3. The Kier molecular flexibility index (Phi) is 6.05. The molecule has 3 atom stereocenters. The van der Waals surface area contributed by atoms with E-state index in [1.807, 2.05) is 0 Å². The van der Waals surface area contributed by atoms with Crippen molar-refractivity contribution in [2.24, 2.45) is 5.92 Å². The van der Waals surface area contributed by atoms with Crippen molar-refractivity contribution in [1.29, 1.82) is 0 Å². The lowest BCUT2D eigenvalue weighted by atomic mass is 9.84. The average molecular weight is 393 g/mol. The smallest absolute Gasteiger partial charge is 0.305 e. The van der Waals surface area contributed by atoms with Crippen molar-refractivity contribution >= 4 is 29.4 Å². The fourth-order valence-corrected chi connectivity index (χ4v) is 4.47. The molecule has 146 valence electrons. The molecule has 2 amide bonds. The zero-order valence-electron chi connectivity index (χ0n) is 15.4. The molecule has 1 aliphatic carbocycles. The topological polar surface area (TPSA) is 77.9 Å². The lowest BCUT2D eigenvalue weighted by Crippen LogP contribution is -2.50. The summed E-state index contributed by atoms with van der Waals surface area (Å²) in [6.45, 7) is 0.142. The number of carbonyl (C=O) groups is 3. The number of benzene rings is 1. The number of rotatable bonds is 5. The first-order valence-electron chi connectivity index (χ1n) is 9.43. The third-order valence-corrected chi connectivity index (χ3v) is 5.99. The minimum absolute atomic E-state index is 0.0729. The SMILES string of the molecule is CN(CCC(=O)O)C(=O)C1CC2CCCCC2N1C(=O)c1ccc(Cl)cc1. The molecular weight excluding hydrogens is 368 g/mol. The number of nitrogens with zero attached hydrogens (tertiary/aromatic N) is 2. The van der Waals surface area contributed by atoms with Crippen molar-refractivity contribution < 1.29 is 19.5 Å². The molecule has 1 saturated heterocycles. The van der Waals surface area contributed by atoms with Crippen LogP contribution >= 0.6 is 11.6 Å². The van der Waals surface area contributed by atoms with Gasteiger partial charge < -0.3 is 14.9 Å². The molecule has 2 aliphatic rings. The Hall–Kier alpha value is -2.08. The van der Waals surface area contributed by atoms with Gasteiger partial charge in [0.1, 0.15) is 6.04 Å². The van der Waals surface area contributed by atoms with E-state index in [1.54, 1.807) is 36.2 Å². The van der Waals surface area contributed by atoms with Crippen LogP contribution in [0.15, 0.2) is 24.3 Å². The maximum Gasteiger partial charge on any atom is 0.305 e. The Morgan fingerprint density at radius 2 is 1.85 bits per heavy atom. The second-order valence-corrected chi connectivity index (χ2v) is 7.92. The molecular formula is C20H25ClN2O4. The van der Waals surface area contributed by atoms with Gasteiger partial charge in [0, 0.05) is 30.2 Å². The summed E-state index contributed by atoms with van der Waals surface area (Å²) in [5, 5.41) is 9.44. The zero-order valence-corrected chi connectivity index (χ0v) is 16.2. The van der Waals surface area contributed by atoms with Crippen LogP contribution in [0.4, 0.5) is 0 Å². The number of fused-ring (bicyclic) bond motifs is 1. The summed E-state index contributed by atoms with van der Waals surface area (Å²) in [6.07, 6.45) is 4.67. The van der Waals surface area contributed by atoms with Crippen LogP contribution in [0.1, 0.15) is 48.9 Å². The molecule has 3 unspecified atom stereocenters. The van der Waals surface area contributed by atoms with E-state index < -0.39 is 12.0 Å². The van der Waals surface area contributed by atoms with Gasteiger partial charge >= 0.3 is 5.97 Å². The lowest BCUT2D eigenvalue weighted by Gasteiger charge is -2.34. The number of carbonyl (C=O) groups excluding carboxylic acids is 2. The number of aliphatic carboxylic acids is 1. The van der Waals surface area contributed by atoms with Gasteiger partial charge in [0.25, 0.3) is 5.91 Å². The summed E-state index contributed by atoms with van der Waals surface area (Å²) in [6, 6.07) is 6.29. The normalized spacial score (nSPS) is 24.4. The van der Waals surface area contributed by atoms with Gasteiger partial charge in [0.05, 0.1) is 6.42 Å². The Morgan fingerprint density at radius 3 is 2.52 bits per heavy atom. The highest BCUT2D eigenvalue weighted by atomic mass is 35.5. The van der Waals surface area contributed by atoms with Gasteiger partial charge in [-0.2, -0.15) is 0 Å². The van der Waals surface area contributed by atoms with E-state index in [-0.39, 0.29) is 30.8 Å². The Bertz CT molecular complexity index is 721. The highest BCUT2D eigenvalue weighted by Crippen LogP contribution is 2.41. The first kappa shape index (κ1) is 19.7. The molecule has 27 heavy (non-hydrogen) atoms. The van der Waals surface area contributed by atoms with Gasteiger partial charge in [-0.3, -0.25) is 14.4 Å². The molecule has 1 saturated carbocycles. The first-order chi connectivity index (χ1) is 12.9. The number of amides is 2. The number of halogens is 1. The summed E-state index contributed by atoms with van der Waals surface area (Å²) in [5.41, 5.74) is 0.525. The van der Waals surface area contributed by atoms with Crippen molar-refractivity contribution in [2.45, 2.75) is 50.6 Å². The monoisotopic (exact) mass is 392 g/mol. The molecule has 1 aromatic rings. The van der Waals surface area contributed by atoms with Crippen LogP contribution in [-0.4, -0.2) is 58.4 Å². The molecule has 1 N–H and O–H groups in total. The quantitative estimate of drug-likeness (QED) is 0.835. The van der Waals surface area contributed by atoms with E-state index in [0.29, 0.717) is 22.9 Å². The van der Waals surface area contributed by atoms with Crippen LogP contribution in [-0.2, 0) is 9.59 Å². The Morgan fingerprint density at radius 1 is 1.19 bits per heavy atom. The predicted octanol–water partition coefficient (Wildman–Crippen LogP) is 3.05. The van der Waals surface area contributed by atoms with E-state index in [2.05, 4.69) is 0 Å². The van der Waals surface area contributed by atoms with Crippen LogP contribution in [0.25, 0.3) is 0 Å². The predicted molar refractivity (Wildman–Crippen MR) is 102 cm³/mol. The van der Waals surface area contributed by atoms with Crippen molar-refractivity contribution in [2.75, 3.05) is 13.6 Å². The minimum Gasteiger partial charge on any atom is -0.481 e. The second kappa shape index (κ2) is 8.30. The number of likely N-dealkylation sites (N-methyl/N-ethyl adjacent to an activating group) is 1. The fraction of sp³-hybridized carbons (Fsp3) is 0.550. The number of hydrogen-bond acceptors (Lipinski definition) is 3. The van der Waals surface area contributed by atoms with Gasteiger partial charge in [0.2, 0.25) is 5.91 Å². The molecule has 0 bridgehead atoms. The Balaban J connectivity index is 1.84. The van der Waals surface area contributed by atoms with Crippen molar-refractivity contribution in [3.8, 4) is 0 Å². The van der Waals surface area contributed by atoms with Crippen LogP contribution in [0.5, 0.6) is 0 Å². The van der Waals surface area contributed by atoms with E-state index in [0.717, 1.165) is 25.7 Å². The number of carboxylic acid groups (broad SMARTS) is 1. The largest absolute Gasteiger partial charge is 0.481 e. The maximum absolute atomic E-state index is 13.2. The summed E-state index contributed by atoms with van der Waals surface area (Å²) in [7, 11) is 1.61. The minimum atomic E-state index is -0.941. The molecule has 2 fully saturated rings. The summed E-state index contributed by atoms with van der Waals surface area (Å²) >= 11 is 5.93.